The second-order valence-electron chi connectivity index (χ2n) is 12.7. The fraction of sp³-hybridized carbons (Fsp3) is 0.314. The molecule has 1 aliphatic heterocycles. The van der Waals surface area contributed by atoms with E-state index in [-0.39, 0.29) is 16.7 Å². The van der Waals surface area contributed by atoms with Crippen molar-refractivity contribution in [1.29, 1.82) is 0 Å². The van der Waals surface area contributed by atoms with Crippen molar-refractivity contribution in [3.63, 3.8) is 0 Å². The molecule has 3 rings (SSSR count). The van der Waals surface area contributed by atoms with Gasteiger partial charge < -0.3 is 14.5 Å². The molecule has 1 N–H and O–H groups in total. The lowest BCUT2D eigenvalue weighted by molar-refractivity contribution is -0.118. The first-order chi connectivity index (χ1) is 19.5. The lowest BCUT2D eigenvalue weighted by atomic mass is 9.79. The van der Waals surface area contributed by atoms with E-state index in [2.05, 4.69) is 77.1 Å². The zero-order valence-electron chi connectivity index (χ0n) is 26.4. The van der Waals surface area contributed by atoms with E-state index >= 15 is 4.32 Å². The number of ether oxygens (including phenoxy) is 1. The lowest BCUT2D eigenvalue weighted by Crippen LogP contribution is -2.19. The topological polar surface area (TPSA) is 55.6 Å². The third-order valence-electron chi connectivity index (χ3n) is 6.89. The lowest BCUT2D eigenvalue weighted by Gasteiger charge is -2.28. The summed E-state index contributed by atoms with van der Waals surface area (Å²) in [4.78, 5) is 15.8. The molecule has 0 radical (unpaired) electrons. The highest BCUT2D eigenvalue weighted by molar-refractivity contribution is 6.50. The number of allylic oxidation sites excluding steroid dienone is 8. The molecule has 2 aromatic rings. The molecule has 2 heterocycles. The first-order valence-corrected chi connectivity index (χ1v) is 14.0. The molecule has 220 valence electrons. The second kappa shape index (κ2) is 12.8. The quantitative estimate of drug-likeness (QED) is 0.271. The summed E-state index contributed by atoms with van der Waals surface area (Å²) in [7, 11) is 0.0316. The van der Waals surface area contributed by atoms with Crippen molar-refractivity contribution < 1.29 is 13.8 Å². The molecule has 0 spiro atoms. The van der Waals surface area contributed by atoms with Gasteiger partial charge in [-0.2, -0.15) is 0 Å². The van der Waals surface area contributed by atoms with Crippen LogP contribution in [0, 0.1) is 0 Å². The number of halogens is 1. The smallest absolute Gasteiger partial charge is 0.496 e. The van der Waals surface area contributed by atoms with E-state index in [0.29, 0.717) is 22.7 Å². The summed E-state index contributed by atoms with van der Waals surface area (Å²) in [6.07, 6.45) is 12.7. The number of nitrogens with one attached hydrogen (secondary N) is 1. The zero-order valence-corrected chi connectivity index (χ0v) is 26.4. The van der Waals surface area contributed by atoms with Crippen LogP contribution in [0.15, 0.2) is 95.7 Å². The van der Waals surface area contributed by atoms with Crippen LogP contribution in [-0.2, 0) is 15.6 Å². The van der Waals surface area contributed by atoms with Crippen LogP contribution >= 0.6 is 0 Å². The summed E-state index contributed by atoms with van der Waals surface area (Å²) < 4.78 is 23.2. The summed E-state index contributed by atoms with van der Waals surface area (Å²) in [5, 5.41) is 2.64. The summed E-state index contributed by atoms with van der Waals surface area (Å²) in [6, 6.07) is 7.98. The van der Waals surface area contributed by atoms with Gasteiger partial charge >= 0.3 is 7.26 Å². The van der Waals surface area contributed by atoms with Crippen molar-refractivity contribution in [2.75, 3.05) is 7.11 Å². The monoisotopic (exact) mass is 567 g/mol. The highest BCUT2D eigenvalue weighted by Gasteiger charge is 2.26. The molecule has 0 saturated carbocycles. The van der Waals surface area contributed by atoms with Crippen LogP contribution in [0.3, 0.4) is 0 Å². The van der Waals surface area contributed by atoms with Crippen molar-refractivity contribution in [2.24, 2.45) is 4.90 Å². The number of nitrogens with zero attached hydrogens (tertiary/aromatic N) is 2. The first kappa shape index (κ1) is 32.4. The Labute approximate surface area is 251 Å². The van der Waals surface area contributed by atoms with Gasteiger partial charge in [0.1, 0.15) is 5.75 Å². The van der Waals surface area contributed by atoms with E-state index in [1.165, 1.54) is 17.0 Å². The minimum Gasteiger partial charge on any atom is -0.496 e. The number of amides is 1. The van der Waals surface area contributed by atoms with Gasteiger partial charge in [0.25, 0.3) is 0 Å². The Hall–Kier alpha value is -4.13. The van der Waals surface area contributed by atoms with Crippen molar-refractivity contribution in [3.8, 4) is 5.75 Å². The number of hydrogen-bond acceptors (Lipinski definition) is 3. The summed E-state index contributed by atoms with van der Waals surface area (Å²) in [5.41, 5.74) is 6.82. The van der Waals surface area contributed by atoms with Gasteiger partial charge in [-0.05, 0) is 89.2 Å². The summed E-state index contributed by atoms with van der Waals surface area (Å²) in [5.74, 6) is 0.590. The van der Waals surface area contributed by atoms with Gasteiger partial charge in [-0.15, -0.1) is 0 Å². The first-order valence-electron chi connectivity index (χ1n) is 14.0. The number of carbonyl (C=O) groups excluding carboxylic acids is 1. The molecule has 0 saturated heterocycles. The molecule has 0 fully saturated rings. The standard InChI is InChI=1S/C35H43BFN3O2/c1-23-19-29(17-16-27-21-28(34(5,6)7)22-31(33(27)42-11)35(8,9)10)39-36(37)40-18-12-13-32(40)30(20-23)24(2)14-15-25(3)38-26(4)41/h12-22H,2-3H2,1,4-11H3,(H,38,41)/b15-14-,17-16+,23-19-,30-20+,39-29+. The largest absolute Gasteiger partial charge is 0.611 e. The molecule has 0 atom stereocenters. The van der Waals surface area contributed by atoms with Gasteiger partial charge in [0.15, 0.2) is 0 Å². The molecular weight excluding hydrogens is 524 g/mol. The average Bonchev–Trinajstić information content (AvgIpc) is 3.37. The number of aromatic nitrogens is 1. The molecule has 7 heteroatoms. The minimum absolute atomic E-state index is 0.0671. The third kappa shape index (κ3) is 8.00. The maximum absolute atomic E-state index is 15.8. The average molecular weight is 568 g/mol. The van der Waals surface area contributed by atoms with E-state index in [1.807, 2.05) is 37.3 Å². The normalized spacial score (nSPS) is 18.1. The SMILES string of the molecule is C=C(/C=C\C(=C)\C1=C/C(C)=C\C(\C=C\c2cc(C(C)(C)C)cc(C(C)(C)C)c2OC)=N\B(F)n2cccc21)NC(C)=O. The van der Waals surface area contributed by atoms with E-state index < -0.39 is 7.26 Å². The number of benzene rings is 1. The molecule has 1 amide bonds. The number of fused-ring (bicyclic) bond motifs is 1. The van der Waals surface area contributed by atoms with E-state index in [9.17, 15) is 4.79 Å². The third-order valence-corrected chi connectivity index (χ3v) is 6.89. The van der Waals surface area contributed by atoms with Crippen molar-refractivity contribution in [2.45, 2.75) is 66.2 Å². The Balaban J connectivity index is 2.11. The number of methoxy groups -OCH3 is 1. The van der Waals surface area contributed by atoms with Gasteiger partial charge in [0, 0.05) is 40.7 Å². The van der Waals surface area contributed by atoms with E-state index in [1.54, 1.807) is 31.5 Å². The number of carbonyl (C=O) groups is 1. The molecule has 1 aromatic heterocycles. The van der Waals surface area contributed by atoms with Crippen LogP contribution in [0.1, 0.15) is 77.8 Å². The van der Waals surface area contributed by atoms with Crippen molar-refractivity contribution in [3.05, 3.63) is 113 Å². The predicted molar refractivity (Wildman–Crippen MR) is 177 cm³/mol. The highest BCUT2D eigenvalue weighted by Crippen LogP contribution is 2.39. The van der Waals surface area contributed by atoms with Gasteiger partial charge in [-0.1, -0.05) is 66.8 Å². The molecule has 0 unspecified atom stereocenters. The van der Waals surface area contributed by atoms with Crippen LogP contribution in [-0.4, -0.2) is 30.5 Å². The van der Waals surface area contributed by atoms with Gasteiger partial charge in [-0.25, -0.2) is 0 Å². The van der Waals surface area contributed by atoms with Gasteiger partial charge in [0.05, 0.1) is 7.11 Å². The Morgan fingerprint density at radius 2 is 1.76 bits per heavy atom. The van der Waals surface area contributed by atoms with Crippen molar-refractivity contribution in [1.82, 2.24) is 9.79 Å². The Bertz CT molecular complexity index is 1540. The number of hydrogen-bond donors (Lipinski definition) is 1. The summed E-state index contributed by atoms with van der Waals surface area (Å²) in [6.45, 7) is 24.5. The predicted octanol–water partition coefficient (Wildman–Crippen LogP) is 8.15. The molecule has 0 bridgehead atoms. The van der Waals surface area contributed by atoms with Crippen LogP contribution in [0.4, 0.5) is 4.32 Å². The Morgan fingerprint density at radius 3 is 2.36 bits per heavy atom. The van der Waals surface area contributed by atoms with Crippen molar-refractivity contribution >= 4 is 30.5 Å². The van der Waals surface area contributed by atoms with Gasteiger partial charge in [-0.3, -0.25) is 14.0 Å². The van der Waals surface area contributed by atoms with Crippen LogP contribution in [0.25, 0.3) is 11.6 Å². The summed E-state index contributed by atoms with van der Waals surface area (Å²) >= 11 is 0. The molecule has 5 nitrogen and oxygen atoms in total. The maximum Gasteiger partial charge on any atom is 0.611 e. The fourth-order valence-electron chi connectivity index (χ4n) is 4.68. The van der Waals surface area contributed by atoms with Crippen LogP contribution in [0.5, 0.6) is 5.75 Å². The Kier molecular flexibility index (Phi) is 9.88. The highest BCUT2D eigenvalue weighted by atomic mass is 19.1. The van der Waals surface area contributed by atoms with Crippen LogP contribution in [0.2, 0.25) is 0 Å². The van der Waals surface area contributed by atoms with Gasteiger partial charge in [0.2, 0.25) is 5.91 Å². The zero-order chi connectivity index (χ0) is 31.4. The minimum atomic E-state index is -1.65. The van der Waals surface area contributed by atoms with E-state index in [0.717, 1.165) is 28.0 Å². The molecule has 1 aliphatic rings. The Morgan fingerprint density at radius 1 is 1.07 bits per heavy atom. The molecule has 42 heavy (non-hydrogen) atoms. The molecule has 1 aromatic carbocycles. The molecular formula is C35H43BFN3O2. The van der Waals surface area contributed by atoms with E-state index in [4.69, 9.17) is 4.74 Å². The van der Waals surface area contributed by atoms with Crippen LogP contribution < -0.4 is 10.1 Å². The molecule has 0 aliphatic carbocycles. The second-order valence-corrected chi connectivity index (χ2v) is 12.7. The maximum atomic E-state index is 15.8. The number of rotatable bonds is 7. The fourth-order valence-corrected chi connectivity index (χ4v) is 4.68.